The fourth-order valence-corrected chi connectivity index (χ4v) is 2.31. The van der Waals surface area contributed by atoms with Crippen molar-refractivity contribution in [3.05, 3.63) is 34.9 Å². The van der Waals surface area contributed by atoms with Crippen LogP contribution in [0, 0.1) is 0 Å². The molecule has 1 atom stereocenters. The monoisotopic (exact) mass is 233 g/mol. The number of amides is 1. The van der Waals surface area contributed by atoms with E-state index in [1.807, 2.05) is 19.1 Å². The van der Waals surface area contributed by atoms with Crippen LogP contribution in [0.4, 0.5) is 0 Å². The van der Waals surface area contributed by atoms with Crippen LogP contribution in [0.2, 0.25) is 0 Å². The minimum Gasteiger partial charge on any atom is -0.383 e. The lowest BCUT2D eigenvalue weighted by atomic mass is 10.1. The van der Waals surface area contributed by atoms with Gasteiger partial charge in [0.15, 0.2) is 0 Å². The van der Waals surface area contributed by atoms with Crippen molar-refractivity contribution in [3.63, 3.8) is 0 Å². The van der Waals surface area contributed by atoms with Gasteiger partial charge in [-0.05, 0) is 49.4 Å². The summed E-state index contributed by atoms with van der Waals surface area (Å²) in [6.07, 6.45) is 3.46. The normalized spacial score (nSPS) is 15.4. The number of carbonyl (C=O) groups is 1. The maximum atomic E-state index is 12.0. The Bertz CT molecular complexity index is 415. The number of fused-ring (bicyclic) bond motifs is 1. The lowest BCUT2D eigenvalue weighted by molar-refractivity contribution is 0.0905. The highest BCUT2D eigenvalue weighted by atomic mass is 16.5. The molecular weight excluding hydrogens is 214 g/mol. The summed E-state index contributed by atoms with van der Waals surface area (Å²) in [4.78, 5) is 12.0. The molecule has 1 N–H and O–H groups in total. The minimum atomic E-state index is -0.00995. The van der Waals surface area contributed by atoms with E-state index in [9.17, 15) is 4.79 Å². The average molecular weight is 233 g/mol. The van der Waals surface area contributed by atoms with Crippen molar-refractivity contribution in [2.45, 2.75) is 32.2 Å². The minimum absolute atomic E-state index is 0.00995. The first-order valence-electron chi connectivity index (χ1n) is 6.12. The van der Waals surface area contributed by atoms with Gasteiger partial charge in [0.2, 0.25) is 0 Å². The van der Waals surface area contributed by atoms with Gasteiger partial charge < -0.3 is 10.1 Å². The van der Waals surface area contributed by atoms with Crippen LogP contribution in [0.15, 0.2) is 18.2 Å². The zero-order valence-electron chi connectivity index (χ0n) is 10.5. The standard InChI is InChI=1S/C14H19NO2/c1-10(9-17-2)15-14(16)13-7-6-11-4-3-5-12(11)8-13/h6-8,10H,3-5,9H2,1-2H3,(H,15,16). The second-order valence-corrected chi connectivity index (χ2v) is 4.67. The van der Waals surface area contributed by atoms with Crippen LogP contribution in [0.1, 0.15) is 34.8 Å². The molecule has 92 valence electrons. The van der Waals surface area contributed by atoms with Gasteiger partial charge in [0, 0.05) is 18.7 Å². The van der Waals surface area contributed by atoms with Crippen molar-refractivity contribution in [2.75, 3.05) is 13.7 Å². The molecule has 0 saturated carbocycles. The maximum absolute atomic E-state index is 12.0. The van der Waals surface area contributed by atoms with Gasteiger partial charge in [-0.15, -0.1) is 0 Å². The summed E-state index contributed by atoms with van der Waals surface area (Å²) in [5, 5.41) is 2.92. The van der Waals surface area contributed by atoms with Crippen LogP contribution in [-0.2, 0) is 17.6 Å². The second kappa shape index (κ2) is 5.32. The van der Waals surface area contributed by atoms with Gasteiger partial charge in [-0.1, -0.05) is 6.07 Å². The summed E-state index contributed by atoms with van der Waals surface area (Å²) in [5.41, 5.74) is 3.48. The number of nitrogens with one attached hydrogen (secondary N) is 1. The number of hydrogen-bond donors (Lipinski definition) is 1. The van der Waals surface area contributed by atoms with Crippen molar-refractivity contribution < 1.29 is 9.53 Å². The first kappa shape index (κ1) is 12.1. The van der Waals surface area contributed by atoms with Crippen LogP contribution >= 0.6 is 0 Å². The molecule has 2 rings (SSSR count). The van der Waals surface area contributed by atoms with E-state index in [-0.39, 0.29) is 11.9 Å². The third-order valence-electron chi connectivity index (χ3n) is 3.15. The SMILES string of the molecule is COCC(C)NC(=O)c1ccc2c(c1)CCC2. The highest BCUT2D eigenvalue weighted by molar-refractivity contribution is 5.94. The number of aryl methyl sites for hydroxylation is 2. The molecule has 0 bridgehead atoms. The van der Waals surface area contributed by atoms with Crippen LogP contribution in [0.25, 0.3) is 0 Å². The molecule has 3 heteroatoms. The first-order valence-corrected chi connectivity index (χ1v) is 6.12. The predicted molar refractivity (Wildman–Crippen MR) is 67.3 cm³/mol. The fourth-order valence-electron chi connectivity index (χ4n) is 2.31. The Morgan fingerprint density at radius 2 is 2.18 bits per heavy atom. The average Bonchev–Trinajstić information content (AvgIpc) is 2.75. The molecule has 1 unspecified atom stereocenters. The van der Waals surface area contributed by atoms with Crippen molar-refractivity contribution >= 4 is 5.91 Å². The van der Waals surface area contributed by atoms with E-state index in [2.05, 4.69) is 11.4 Å². The lowest BCUT2D eigenvalue weighted by Gasteiger charge is -2.13. The fraction of sp³-hybridized carbons (Fsp3) is 0.500. The number of benzene rings is 1. The van der Waals surface area contributed by atoms with Crippen molar-refractivity contribution in [3.8, 4) is 0 Å². The third-order valence-corrected chi connectivity index (χ3v) is 3.15. The Kier molecular flexibility index (Phi) is 3.79. The van der Waals surface area contributed by atoms with Gasteiger partial charge in [0.25, 0.3) is 5.91 Å². The number of carbonyl (C=O) groups excluding carboxylic acids is 1. The lowest BCUT2D eigenvalue weighted by Crippen LogP contribution is -2.35. The van der Waals surface area contributed by atoms with Crippen LogP contribution in [0.3, 0.4) is 0 Å². The van der Waals surface area contributed by atoms with E-state index in [1.54, 1.807) is 7.11 Å². The van der Waals surface area contributed by atoms with Crippen LogP contribution < -0.4 is 5.32 Å². The van der Waals surface area contributed by atoms with Crippen molar-refractivity contribution in [1.82, 2.24) is 5.32 Å². The van der Waals surface area contributed by atoms with E-state index in [4.69, 9.17) is 4.74 Å². The molecule has 17 heavy (non-hydrogen) atoms. The van der Waals surface area contributed by atoms with Gasteiger partial charge in [0.1, 0.15) is 0 Å². The molecule has 1 amide bonds. The number of methoxy groups -OCH3 is 1. The van der Waals surface area contributed by atoms with E-state index in [1.165, 1.54) is 17.5 Å². The highest BCUT2D eigenvalue weighted by Crippen LogP contribution is 2.22. The number of ether oxygens (including phenoxy) is 1. The van der Waals surface area contributed by atoms with Crippen LogP contribution in [-0.4, -0.2) is 25.7 Å². The van der Waals surface area contributed by atoms with E-state index < -0.39 is 0 Å². The molecule has 0 aromatic heterocycles. The molecule has 0 saturated heterocycles. The summed E-state index contributed by atoms with van der Waals surface area (Å²) >= 11 is 0. The smallest absolute Gasteiger partial charge is 0.251 e. The van der Waals surface area contributed by atoms with Gasteiger partial charge in [-0.25, -0.2) is 0 Å². The van der Waals surface area contributed by atoms with Crippen molar-refractivity contribution in [2.24, 2.45) is 0 Å². The molecule has 0 radical (unpaired) electrons. The first-order chi connectivity index (χ1) is 8.20. The largest absolute Gasteiger partial charge is 0.383 e. The molecule has 0 aliphatic heterocycles. The maximum Gasteiger partial charge on any atom is 0.251 e. The molecule has 1 aromatic rings. The van der Waals surface area contributed by atoms with Gasteiger partial charge in [-0.2, -0.15) is 0 Å². The Morgan fingerprint density at radius 1 is 1.41 bits per heavy atom. The molecular formula is C14H19NO2. The summed E-state index contributed by atoms with van der Waals surface area (Å²) in [5.74, 6) is -0.00995. The zero-order chi connectivity index (χ0) is 12.3. The zero-order valence-corrected chi connectivity index (χ0v) is 10.5. The van der Waals surface area contributed by atoms with Gasteiger partial charge >= 0.3 is 0 Å². The third kappa shape index (κ3) is 2.86. The predicted octanol–water partition coefficient (Wildman–Crippen LogP) is 1.94. The van der Waals surface area contributed by atoms with Gasteiger partial charge in [0.05, 0.1) is 6.61 Å². The molecule has 0 heterocycles. The summed E-state index contributed by atoms with van der Waals surface area (Å²) in [6, 6.07) is 6.06. The molecule has 1 aromatic carbocycles. The molecule has 3 nitrogen and oxygen atoms in total. The van der Waals surface area contributed by atoms with E-state index >= 15 is 0 Å². The van der Waals surface area contributed by atoms with E-state index in [0.29, 0.717) is 6.61 Å². The van der Waals surface area contributed by atoms with Crippen LogP contribution in [0.5, 0.6) is 0 Å². The Hall–Kier alpha value is -1.35. The second-order valence-electron chi connectivity index (χ2n) is 4.67. The number of hydrogen-bond acceptors (Lipinski definition) is 2. The Balaban J connectivity index is 2.04. The summed E-state index contributed by atoms with van der Waals surface area (Å²) < 4.78 is 5.00. The Morgan fingerprint density at radius 3 is 2.94 bits per heavy atom. The molecule has 1 aliphatic rings. The molecule has 0 fully saturated rings. The topological polar surface area (TPSA) is 38.3 Å². The van der Waals surface area contributed by atoms with Gasteiger partial charge in [-0.3, -0.25) is 4.79 Å². The number of rotatable bonds is 4. The quantitative estimate of drug-likeness (QED) is 0.863. The molecule has 0 spiro atoms. The summed E-state index contributed by atoms with van der Waals surface area (Å²) in [7, 11) is 1.64. The Labute approximate surface area is 102 Å². The highest BCUT2D eigenvalue weighted by Gasteiger charge is 2.14. The van der Waals surface area contributed by atoms with E-state index in [0.717, 1.165) is 18.4 Å². The van der Waals surface area contributed by atoms with Crippen molar-refractivity contribution in [1.29, 1.82) is 0 Å². The molecule has 1 aliphatic carbocycles. The summed E-state index contributed by atoms with van der Waals surface area (Å²) in [6.45, 7) is 2.48.